The highest BCUT2D eigenvalue weighted by Crippen LogP contribution is 2.11. The van der Waals surface area contributed by atoms with Crippen molar-refractivity contribution in [2.45, 2.75) is 6.54 Å². The molecule has 0 bridgehead atoms. The monoisotopic (exact) mass is 261 g/mol. The molecule has 0 atom stereocenters. The van der Waals surface area contributed by atoms with E-state index in [0.717, 1.165) is 5.56 Å². The van der Waals surface area contributed by atoms with Gasteiger partial charge in [0.15, 0.2) is 0 Å². The van der Waals surface area contributed by atoms with Gasteiger partial charge in [-0.2, -0.15) is 0 Å². The molecule has 1 heterocycles. The van der Waals surface area contributed by atoms with Gasteiger partial charge in [0.2, 0.25) is 0 Å². The van der Waals surface area contributed by atoms with E-state index in [-0.39, 0.29) is 5.91 Å². The largest absolute Gasteiger partial charge is 0.398 e. The Bertz CT molecular complexity index is 572. The van der Waals surface area contributed by atoms with Crippen LogP contribution in [0.2, 0.25) is 5.02 Å². The second-order valence-electron chi connectivity index (χ2n) is 3.78. The van der Waals surface area contributed by atoms with E-state index in [9.17, 15) is 4.79 Å². The van der Waals surface area contributed by atoms with Crippen LogP contribution in [0, 0.1) is 0 Å². The highest BCUT2D eigenvalue weighted by molar-refractivity contribution is 6.30. The third-order valence-electron chi connectivity index (χ3n) is 2.44. The van der Waals surface area contributed by atoms with E-state index in [1.807, 2.05) is 12.1 Å². The molecule has 1 aromatic heterocycles. The molecule has 0 saturated carbocycles. The summed E-state index contributed by atoms with van der Waals surface area (Å²) < 4.78 is 0. The van der Waals surface area contributed by atoms with Crippen molar-refractivity contribution in [3.05, 3.63) is 58.9 Å². The van der Waals surface area contributed by atoms with Gasteiger partial charge in [0.25, 0.3) is 5.91 Å². The van der Waals surface area contributed by atoms with Crippen LogP contribution in [-0.2, 0) is 6.54 Å². The van der Waals surface area contributed by atoms with Gasteiger partial charge in [-0.1, -0.05) is 23.7 Å². The highest BCUT2D eigenvalue weighted by atomic mass is 35.5. The van der Waals surface area contributed by atoms with E-state index in [2.05, 4.69) is 10.3 Å². The summed E-state index contributed by atoms with van der Waals surface area (Å²) in [4.78, 5) is 15.7. The normalized spacial score (nSPS) is 10.1. The van der Waals surface area contributed by atoms with Crippen LogP contribution < -0.4 is 11.1 Å². The molecule has 0 fully saturated rings. The summed E-state index contributed by atoms with van der Waals surface area (Å²) in [6, 6.07) is 8.90. The molecule has 0 aliphatic heterocycles. The van der Waals surface area contributed by atoms with Crippen LogP contribution >= 0.6 is 11.6 Å². The Balaban J connectivity index is 2.03. The lowest BCUT2D eigenvalue weighted by Crippen LogP contribution is -2.23. The summed E-state index contributed by atoms with van der Waals surface area (Å²) >= 11 is 5.86. The molecule has 1 amide bonds. The van der Waals surface area contributed by atoms with Gasteiger partial charge >= 0.3 is 0 Å². The number of aromatic nitrogens is 1. The van der Waals surface area contributed by atoms with Crippen LogP contribution in [0.5, 0.6) is 0 Å². The van der Waals surface area contributed by atoms with Gasteiger partial charge in [-0.05, 0) is 23.8 Å². The Morgan fingerprint density at radius 2 is 2.22 bits per heavy atom. The molecular weight excluding hydrogens is 250 g/mol. The van der Waals surface area contributed by atoms with Crippen molar-refractivity contribution in [2.75, 3.05) is 5.73 Å². The van der Waals surface area contributed by atoms with Crippen molar-refractivity contribution < 1.29 is 4.79 Å². The molecule has 5 heteroatoms. The minimum atomic E-state index is -0.249. The molecule has 0 radical (unpaired) electrons. The van der Waals surface area contributed by atoms with E-state index < -0.39 is 0 Å². The van der Waals surface area contributed by atoms with Gasteiger partial charge < -0.3 is 11.1 Å². The van der Waals surface area contributed by atoms with Crippen molar-refractivity contribution in [3.63, 3.8) is 0 Å². The van der Waals surface area contributed by atoms with E-state index in [4.69, 9.17) is 17.3 Å². The molecule has 0 unspecified atom stereocenters. The van der Waals surface area contributed by atoms with Crippen LogP contribution in [0.4, 0.5) is 5.69 Å². The molecule has 18 heavy (non-hydrogen) atoms. The molecule has 0 saturated heterocycles. The van der Waals surface area contributed by atoms with Crippen molar-refractivity contribution in [3.8, 4) is 0 Å². The van der Waals surface area contributed by atoms with Crippen molar-refractivity contribution >= 4 is 23.2 Å². The summed E-state index contributed by atoms with van der Waals surface area (Å²) in [5, 5.41) is 3.41. The second-order valence-corrected chi connectivity index (χ2v) is 4.21. The van der Waals surface area contributed by atoms with E-state index >= 15 is 0 Å². The Labute approximate surface area is 110 Å². The molecule has 1 aromatic carbocycles. The third-order valence-corrected chi connectivity index (χ3v) is 2.68. The summed E-state index contributed by atoms with van der Waals surface area (Å²) in [5.74, 6) is -0.249. The van der Waals surface area contributed by atoms with Gasteiger partial charge in [-0.15, -0.1) is 0 Å². The summed E-state index contributed by atoms with van der Waals surface area (Å²) in [7, 11) is 0. The molecule has 0 aliphatic rings. The molecule has 0 spiro atoms. The maximum absolute atomic E-state index is 11.9. The number of carbonyl (C=O) groups is 1. The number of hydrogen-bond donors (Lipinski definition) is 2. The predicted octanol–water partition coefficient (Wildman–Crippen LogP) is 2.25. The molecule has 2 aromatic rings. The second kappa shape index (κ2) is 5.51. The lowest BCUT2D eigenvalue weighted by atomic mass is 10.2. The smallest absolute Gasteiger partial charge is 0.255 e. The SMILES string of the molecule is Nc1ccncc1C(=O)NCc1cccc(Cl)c1. The fourth-order valence-electron chi connectivity index (χ4n) is 1.52. The number of anilines is 1. The molecule has 0 aliphatic carbocycles. The quantitative estimate of drug-likeness (QED) is 0.890. The maximum Gasteiger partial charge on any atom is 0.255 e. The van der Waals surface area contributed by atoms with Crippen molar-refractivity contribution in [1.82, 2.24) is 10.3 Å². The van der Waals surface area contributed by atoms with E-state index in [1.165, 1.54) is 6.20 Å². The summed E-state index contributed by atoms with van der Waals surface area (Å²) in [5.41, 5.74) is 7.41. The molecule has 2 rings (SSSR count). The zero-order valence-electron chi connectivity index (χ0n) is 9.56. The first-order valence-electron chi connectivity index (χ1n) is 5.39. The number of nitrogen functional groups attached to an aromatic ring is 1. The highest BCUT2D eigenvalue weighted by Gasteiger charge is 2.08. The minimum absolute atomic E-state index is 0.249. The first-order chi connectivity index (χ1) is 8.66. The first-order valence-corrected chi connectivity index (χ1v) is 5.77. The average molecular weight is 262 g/mol. The van der Waals surface area contributed by atoms with Gasteiger partial charge in [-0.25, -0.2) is 0 Å². The Kier molecular flexibility index (Phi) is 3.79. The topological polar surface area (TPSA) is 68.0 Å². The maximum atomic E-state index is 11.9. The molecule has 92 valence electrons. The zero-order valence-corrected chi connectivity index (χ0v) is 10.3. The number of rotatable bonds is 3. The van der Waals surface area contributed by atoms with Gasteiger partial charge in [-0.3, -0.25) is 9.78 Å². The van der Waals surface area contributed by atoms with Crippen molar-refractivity contribution in [2.24, 2.45) is 0 Å². The van der Waals surface area contributed by atoms with Crippen LogP contribution in [0.25, 0.3) is 0 Å². The number of benzene rings is 1. The minimum Gasteiger partial charge on any atom is -0.398 e. The first kappa shape index (κ1) is 12.4. The van der Waals surface area contributed by atoms with E-state index in [0.29, 0.717) is 22.8 Å². The lowest BCUT2D eigenvalue weighted by Gasteiger charge is -2.07. The van der Waals surface area contributed by atoms with Gasteiger partial charge in [0.1, 0.15) is 0 Å². The Morgan fingerprint density at radius 3 is 2.94 bits per heavy atom. The molecule has 4 nitrogen and oxygen atoms in total. The number of hydrogen-bond acceptors (Lipinski definition) is 3. The van der Waals surface area contributed by atoms with Gasteiger partial charge in [0.05, 0.1) is 5.56 Å². The average Bonchev–Trinajstić information content (AvgIpc) is 2.37. The standard InChI is InChI=1S/C13H12ClN3O/c14-10-3-1-2-9(6-10)7-17-13(18)11-8-16-5-4-12(11)15/h1-6,8H,7H2,(H2,15,16)(H,17,18). The van der Waals surface area contributed by atoms with Crippen molar-refractivity contribution in [1.29, 1.82) is 0 Å². The number of halogens is 1. The summed E-state index contributed by atoms with van der Waals surface area (Å²) in [6.45, 7) is 0.397. The van der Waals surface area contributed by atoms with E-state index in [1.54, 1.807) is 24.4 Å². The number of pyridine rings is 1. The summed E-state index contributed by atoms with van der Waals surface area (Å²) in [6.07, 6.45) is 2.99. The van der Waals surface area contributed by atoms with Crippen LogP contribution in [-0.4, -0.2) is 10.9 Å². The Hall–Kier alpha value is -2.07. The lowest BCUT2D eigenvalue weighted by molar-refractivity contribution is 0.0951. The number of nitrogens with one attached hydrogen (secondary N) is 1. The van der Waals surface area contributed by atoms with Crippen LogP contribution in [0.3, 0.4) is 0 Å². The predicted molar refractivity (Wildman–Crippen MR) is 71.3 cm³/mol. The molecule has 3 N–H and O–H groups in total. The van der Waals surface area contributed by atoms with Crippen LogP contribution in [0.1, 0.15) is 15.9 Å². The number of amides is 1. The third kappa shape index (κ3) is 2.99. The molecular formula is C13H12ClN3O. The fourth-order valence-corrected chi connectivity index (χ4v) is 1.73. The number of nitrogens with zero attached hydrogens (tertiary/aromatic N) is 1. The Morgan fingerprint density at radius 1 is 1.39 bits per heavy atom. The van der Waals surface area contributed by atoms with Gasteiger partial charge in [0, 0.05) is 29.6 Å². The van der Waals surface area contributed by atoms with Crippen LogP contribution in [0.15, 0.2) is 42.7 Å². The number of carbonyl (C=O) groups excluding carboxylic acids is 1. The zero-order chi connectivity index (χ0) is 13.0. The fraction of sp³-hybridized carbons (Fsp3) is 0.0769. The number of nitrogens with two attached hydrogens (primary N) is 1.